The van der Waals surface area contributed by atoms with Gasteiger partial charge >= 0.3 is 12.1 Å². The third kappa shape index (κ3) is 6.06. The van der Waals surface area contributed by atoms with Crippen LogP contribution in [-0.2, 0) is 6.18 Å². The molecule has 0 unspecified atom stereocenters. The molecule has 4 aromatic rings. The van der Waals surface area contributed by atoms with Crippen LogP contribution in [0, 0.1) is 17.5 Å². The minimum absolute atomic E-state index is 0.0228. The number of allylic oxidation sites excluding steroid dienone is 1. The molecule has 0 bridgehead atoms. The fourth-order valence-corrected chi connectivity index (χ4v) is 3.88. The van der Waals surface area contributed by atoms with Gasteiger partial charge < -0.3 is 4.74 Å². The molecule has 206 valence electrons. The summed E-state index contributed by atoms with van der Waals surface area (Å²) in [6, 6.07) is 15.1. The summed E-state index contributed by atoms with van der Waals surface area (Å²) in [6.07, 6.45) is -5.31. The van der Waals surface area contributed by atoms with Gasteiger partial charge in [0, 0.05) is 11.1 Å². The summed E-state index contributed by atoms with van der Waals surface area (Å²) in [5.41, 5.74) is -1.73. The molecule has 0 aromatic heterocycles. The van der Waals surface area contributed by atoms with Crippen LogP contribution in [0.1, 0.15) is 34.8 Å². The number of halogens is 8. The van der Waals surface area contributed by atoms with Crippen molar-refractivity contribution >= 4 is 11.8 Å². The van der Waals surface area contributed by atoms with Gasteiger partial charge in [0.2, 0.25) is 0 Å². The predicted molar refractivity (Wildman–Crippen MR) is 133 cm³/mol. The Labute approximate surface area is 223 Å². The highest BCUT2D eigenvalue weighted by molar-refractivity contribution is 5.92. The molecule has 0 atom stereocenters. The number of hydrogen-bond acceptors (Lipinski definition) is 2. The van der Waals surface area contributed by atoms with Crippen LogP contribution in [0.5, 0.6) is 5.75 Å². The third-order valence-corrected chi connectivity index (χ3v) is 5.93. The molecule has 0 fully saturated rings. The summed E-state index contributed by atoms with van der Waals surface area (Å²) >= 11 is 0. The fourth-order valence-electron chi connectivity index (χ4n) is 3.88. The molecule has 40 heavy (non-hydrogen) atoms. The number of carbonyl (C=O) groups is 1. The Bertz CT molecular complexity index is 1570. The van der Waals surface area contributed by atoms with Gasteiger partial charge in [-0.05, 0) is 71.6 Å². The molecule has 0 saturated heterocycles. The highest BCUT2D eigenvalue weighted by Crippen LogP contribution is 2.36. The van der Waals surface area contributed by atoms with Gasteiger partial charge in [-0.15, -0.1) is 0 Å². The van der Waals surface area contributed by atoms with E-state index in [0.29, 0.717) is 17.7 Å². The largest absolute Gasteiger partial charge is 0.423 e. The summed E-state index contributed by atoms with van der Waals surface area (Å²) in [5.74, 6) is -7.14. The standard InChI is InChI=1S/C30H18F8O2/c1-2-23(31)28(35)18-7-10-21(11-8-18)40-29(39)19-9-12-22(24(32)13-19)17-5-3-16(4-6-17)20-14-25(33)27(26(34)15-20)30(36,37)38/h3-15H,2H2,1H3/b28-23+. The van der Waals surface area contributed by atoms with Gasteiger partial charge in [-0.1, -0.05) is 37.3 Å². The molecule has 4 aromatic carbocycles. The molecular weight excluding hydrogens is 544 g/mol. The summed E-state index contributed by atoms with van der Waals surface area (Å²) in [5, 5.41) is 0. The molecule has 0 aliphatic rings. The molecule has 4 rings (SSSR count). The van der Waals surface area contributed by atoms with Crippen molar-refractivity contribution < 1.29 is 44.7 Å². The van der Waals surface area contributed by atoms with Gasteiger partial charge in [0.1, 0.15) is 34.6 Å². The van der Waals surface area contributed by atoms with Crippen LogP contribution in [-0.4, -0.2) is 5.97 Å². The number of rotatable bonds is 6. The van der Waals surface area contributed by atoms with E-state index in [1.807, 2.05) is 0 Å². The molecule has 0 heterocycles. The maximum Gasteiger partial charge on any atom is 0.422 e. The van der Waals surface area contributed by atoms with E-state index in [0.717, 1.165) is 6.07 Å². The maximum absolute atomic E-state index is 14.9. The van der Waals surface area contributed by atoms with E-state index in [4.69, 9.17) is 4.74 Å². The minimum Gasteiger partial charge on any atom is -0.423 e. The molecule has 0 saturated carbocycles. The zero-order chi connectivity index (χ0) is 29.2. The van der Waals surface area contributed by atoms with Crippen molar-refractivity contribution in [1.82, 2.24) is 0 Å². The van der Waals surface area contributed by atoms with Crippen molar-refractivity contribution in [3.8, 4) is 28.0 Å². The summed E-state index contributed by atoms with van der Waals surface area (Å²) in [4.78, 5) is 12.5. The van der Waals surface area contributed by atoms with Crippen LogP contribution in [0.15, 0.2) is 84.7 Å². The Balaban J connectivity index is 1.50. The zero-order valence-electron chi connectivity index (χ0n) is 20.6. The van der Waals surface area contributed by atoms with Crippen LogP contribution in [0.4, 0.5) is 35.1 Å². The first-order chi connectivity index (χ1) is 18.9. The number of ether oxygens (including phenoxy) is 1. The molecule has 0 aliphatic heterocycles. The van der Waals surface area contributed by atoms with Crippen molar-refractivity contribution in [2.75, 3.05) is 0 Å². The lowest BCUT2D eigenvalue weighted by Gasteiger charge is -2.12. The average Bonchev–Trinajstić information content (AvgIpc) is 2.91. The molecule has 0 radical (unpaired) electrons. The fraction of sp³-hybridized carbons (Fsp3) is 0.100. The number of hydrogen-bond donors (Lipinski definition) is 0. The van der Waals surface area contributed by atoms with E-state index >= 15 is 0 Å². The second-order valence-corrected chi connectivity index (χ2v) is 8.57. The Morgan fingerprint density at radius 2 is 1.25 bits per heavy atom. The van der Waals surface area contributed by atoms with Crippen molar-refractivity contribution in [1.29, 1.82) is 0 Å². The molecule has 0 N–H and O–H groups in total. The number of esters is 1. The van der Waals surface area contributed by atoms with Gasteiger partial charge in [0.05, 0.1) is 5.56 Å². The summed E-state index contributed by atoms with van der Waals surface area (Å²) in [7, 11) is 0. The topological polar surface area (TPSA) is 26.3 Å². The Kier molecular flexibility index (Phi) is 8.08. The zero-order valence-corrected chi connectivity index (χ0v) is 20.6. The molecular formula is C30H18F8O2. The predicted octanol–water partition coefficient (Wildman–Crippen LogP) is 9.69. The lowest BCUT2D eigenvalue weighted by atomic mass is 9.98. The van der Waals surface area contributed by atoms with Gasteiger partial charge in [0.15, 0.2) is 5.83 Å². The number of benzene rings is 4. The van der Waals surface area contributed by atoms with Gasteiger partial charge in [-0.2, -0.15) is 13.2 Å². The van der Waals surface area contributed by atoms with Crippen molar-refractivity contribution in [3.05, 3.63) is 119 Å². The summed E-state index contributed by atoms with van der Waals surface area (Å²) in [6.45, 7) is 1.46. The van der Waals surface area contributed by atoms with Crippen LogP contribution < -0.4 is 4.74 Å². The molecule has 0 spiro atoms. The van der Waals surface area contributed by atoms with Gasteiger partial charge in [0.25, 0.3) is 0 Å². The average molecular weight is 562 g/mol. The van der Waals surface area contributed by atoms with E-state index in [9.17, 15) is 39.9 Å². The first-order valence-electron chi connectivity index (χ1n) is 11.7. The van der Waals surface area contributed by atoms with E-state index in [1.165, 1.54) is 67.6 Å². The normalized spacial score (nSPS) is 12.2. The smallest absolute Gasteiger partial charge is 0.422 e. The van der Waals surface area contributed by atoms with E-state index < -0.39 is 46.8 Å². The lowest BCUT2D eigenvalue weighted by Crippen LogP contribution is -2.11. The van der Waals surface area contributed by atoms with Gasteiger partial charge in [-0.3, -0.25) is 0 Å². The lowest BCUT2D eigenvalue weighted by molar-refractivity contribution is -0.142. The first kappa shape index (κ1) is 28.5. The highest BCUT2D eigenvalue weighted by Gasteiger charge is 2.38. The van der Waals surface area contributed by atoms with Crippen LogP contribution in [0.25, 0.3) is 28.1 Å². The number of alkyl halides is 3. The SMILES string of the molecule is CC/C(F)=C(\F)c1ccc(OC(=O)c2ccc(-c3ccc(-c4cc(F)c(C(F)(F)F)c(F)c4)cc3)c(F)c2)cc1. The molecule has 0 aliphatic carbocycles. The van der Waals surface area contributed by atoms with Crippen molar-refractivity contribution in [3.63, 3.8) is 0 Å². The minimum atomic E-state index is -5.19. The van der Waals surface area contributed by atoms with Crippen molar-refractivity contribution in [2.24, 2.45) is 0 Å². The first-order valence-corrected chi connectivity index (χ1v) is 11.7. The highest BCUT2D eigenvalue weighted by atomic mass is 19.4. The monoisotopic (exact) mass is 562 g/mol. The van der Waals surface area contributed by atoms with Gasteiger partial charge in [-0.25, -0.2) is 26.7 Å². The number of carbonyl (C=O) groups excluding carboxylic acids is 1. The second-order valence-electron chi connectivity index (χ2n) is 8.57. The molecule has 2 nitrogen and oxygen atoms in total. The second kappa shape index (κ2) is 11.3. The van der Waals surface area contributed by atoms with E-state index in [2.05, 4.69) is 0 Å². The molecule has 10 heteroatoms. The van der Waals surface area contributed by atoms with Crippen LogP contribution >= 0.6 is 0 Å². The van der Waals surface area contributed by atoms with Crippen LogP contribution in [0.3, 0.4) is 0 Å². The Morgan fingerprint density at radius 1 is 0.700 bits per heavy atom. The van der Waals surface area contributed by atoms with Crippen LogP contribution in [0.2, 0.25) is 0 Å². The van der Waals surface area contributed by atoms with E-state index in [1.54, 1.807) is 0 Å². The molecule has 0 amide bonds. The van der Waals surface area contributed by atoms with Crippen molar-refractivity contribution in [2.45, 2.75) is 19.5 Å². The quantitative estimate of drug-likeness (QED) is 0.133. The summed E-state index contributed by atoms with van der Waals surface area (Å²) < 4.78 is 114. The maximum atomic E-state index is 14.9. The Morgan fingerprint density at radius 3 is 1.77 bits per heavy atom. The van der Waals surface area contributed by atoms with E-state index in [-0.39, 0.29) is 40.0 Å². The third-order valence-electron chi connectivity index (χ3n) is 5.93. The Hall–Kier alpha value is -4.47.